The van der Waals surface area contributed by atoms with Crippen LogP contribution in [0.15, 0.2) is 30.6 Å². The van der Waals surface area contributed by atoms with Gasteiger partial charge in [-0.15, -0.1) is 0 Å². The smallest absolute Gasteiger partial charge is 0.151 e. The van der Waals surface area contributed by atoms with Gasteiger partial charge < -0.3 is 0 Å². The van der Waals surface area contributed by atoms with E-state index in [-0.39, 0.29) is 0 Å². The maximum absolute atomic E-state index is 10.7. The van der Waals surface area contributed by atoms with E-state index in [1.807, 2.05) is 0 Å². The first-order valence-corrected chi connectivity index (χ1v) is 5.80. The molecule has 0 unspecified atom stereocenters. The SMILES string of the molecule is O=Cc1cncc(-c2cc(Cl)c(Cl)c(Cl)c2)c1. The molecule has 0 bridgehead atoms. The Bertz CT molecular complexity index is 561. The summed E-state index contributed by atoms with van der Waals surface area (Å²) in [5.41, 5.74) is 2.01. The highest BCUT2D eigenvalue weighted by molar-refractivity contribution is 6.48. The Morgan fingerprint density at radius 2 is 1.59 bits per heavy atom. The molecular weight excluding hydrogens is 280 g/mol. The van der Waals surface area contributed by atoms with Crippen molar-refractivity contribution in [1.29, 1.82) is 0 Å². The Labute approximate surface area is 113 Å². The van der Waals surface area contributed by atoms with Crippen LogP contribution in [0.5, 0.6) is 0 Å². The summed E-state index contributed by atoms with van der Waals surface area (Å²) in [6.45, 7) is 0. The van der Waals surface area contributed by atoms with Crippen LogP contribution in [0.25, 0.3) is 11.1 Å². The van der Waals surface area contributed by atoms with Crippen molar-refractivity contribution >= 4 is 41.1 Å². The van der Waals surface area contributed by atoms with Gasteiger partial charge >= 0.3 is 0 Å². The largest absolute Gasteiger partial charge is 0.298 e. The van der Waals surface area contributed by atoms with E-state index < -0.39 is 0 Å². The average molecular weight is 287 g/mol. The summed E-state index contributed by atoms with van der Waals surface area (Å²) in [5, 5.41) is 1.05. The van der Waals surface area contributed by atoms with Crippen LogP contribution in [0.1, 0.15) is 10.4 Å². The molecule has 1 heterocycles. The molecule has 0 aliphatic carbocycles. The van der Waals surface area contributed by atoms with Crippen molar-refractivity contribution in [1.82, 2.24) is 4.98 Å². The zero-order chi connectivity index (χ0) is 12.4. The molecule has 0 aliphatic heterocycles. The van der Waals surface area contributed by atoms with Crippen LogP contribution in [-0.4, -0.2) is 11.3 Å². The van der Waals surface area contributed by atoms with Gasteiger partial charge in [0.15, 0.2) is 6.29 Å². The molecule has 86 valence electrons. The lowest BCUT2D eigenvalue weighted by Crippen LogP contribution is -1.86. The fourth-order valence-electron chi connectivity index (χ4n) is 1.40. The summed E-state index contributed by atoms with van der Waals surface area (Å²) in [7, 11) is 0. The minimum atomic E-state index is 0.316. The normalized spacial score (nSPS) is 10.3. The van der Waals surface area contributed by atoms with Gasteiger partial charge in [0.1, 0.15) is 0 Å². The first kappa shape index (κ1) is 12.4. The van der Waals surface area contributed by atoms with Crippen LogP contribution in [-0.2, 0) is 0 Å². The van der Waals surface area contributed by atoms with Gasteiger partial charge in [0.05, 0.1) is 15.1 Å². The molecule has 1 aromatic heterocycles. The number of nitrogens with zero attached hydrogens (tertiary/aromatic N) is 1. The summed E-state index contributed by atoms with van der Waals surface area (Å²) in [6.07, 6.45) is 3.84. The molecule has 0 saturated heterocycles. The summed E-state index contributed by atoms with van der Waals surface area (Å²) in [4.78, 5) is 14.6. The van der Waals surface area contributed by atoms with E-state index in [4.69, 9.17) is 34.8 Å². The van der Waals surface area contributed by atoms with E-state index in [1.165, 1.54) is 6.20 Å². The van der Waals surface area contributed by atoms with Crippen molar-refractivity contribution in [3.63, 3.8) is 0 Å². The monoisotopic (exact) mass is 285 g/mol. The molecule has 0 atom stereocenters. The molecule has 0 N–H and O–H groups in total. The van der Waals surface area contributed by atoms with E-state index in [0.717, 1.165) is 17.4 Å². The Kier molecular flexibility index (Phi) is 3.67. The lowest BCUT2D eigenvalue weighted by atomic mass is 10.1. The Balaban J connectivity index is 2.56. The first-order chi connectivity index (χ1) is 8.11. The van der Waals surface area contributed by atoms with Crippen molar-refractivity contribution in [3.05, 3.63) is 51.2 Å². The molecule has 5 heteroatoms. The standard InChI is InChI=1S/C12H6Cl3NO/c13-10-2-8(3-11(14)12(10)15)9-1-7(6-17)4-16-5-9/h1-6H. The molecule has 0 aliphatic rings. The molecule has 1 aromatic carbocycles. The third-order valence-corrected chi connectivity index (χ3v) is 3.41. The van der Waals surface area contributed by atoms with E-state index in [2.05, 4.69) is 4.98 Å². The third-order valence-electron chi connectivity index (χ3n) is 2.21. The van der Waals surface area contributed by atoms with Crippen LogP contribution in [0.2, 0.25) is 15.1 Å². The highest BCUT2D eigenvalue weighted by Gasteiger charge is 2.08. The number of rotatable bonds is 2. The van der Waals surface area contributed by atoms with Gasteiger partial charge in [-0.25, -0.2) is 0 Å². The van der Waals surface area contributed by atoms with E-state index in [9.17, 15) is 4.79 Å². The fraction of sp³-hybridized carbons (Fsp3) is 0. The number of halogens is 3. The van der Waals surface area contributed by atoms with Crippen molar-refractivity contribution < 1.29 is 4.79 Å². The number of aldehydes is 1. The molecule has 0 fully saturated rings. The lowest BCUT2D eigenvalue weighted by molar-refractivity contribution is 0.112. The maximum atomic E-state index is 10.7. The highest BCUT2D eigenvalue weighted by atomic mass is 35.5. The molecule has 0 amide bonds. The number of hydrogen-bond donors (Lipinski definition) is 0. The molecule has 2 rings (SSSR count). The fourth-order valence-corrected chi connectivity index (χ4v) is 2.00. The van der Waals surface area contributed by atoms with Crippen LogP contribution in [0, 0.1) is 0 Å². The second-order valence-electron chi connectivity index (χ2n) is 3.38. The predicted octanol–water partition coefficient (Wildman–Crippen LogP) is 4.52. The summed E-state index contributed by atoms with van der Waals surface area (Å²) in [5.74, 6) is 0. The molecular formula is C12H6Cl3NO. The number of carbonyl (C=O) groups is 1. The molecule has 0 radical (unpaired) electrons. The number of hydrogen-bond acceptors (Lipinski definition) is 2. The first-order valence-electron chi connectivity index (χ1n) is 4.67. The predicted molar refractivity (Wildman–Crippen MR) is 70.1 cm³/mol. The van der Waals surface area contributed by atoms with Crippen LogP contribution >= 0.6 is 34.8 Å². The van der Waals surface area contributed by atoms with Gasteiger partial charge in [0.2, 0.25) is 0 Å². The number of pyridine rings is 1. The zero-order valence-corrected chi connectivity index (χ0v) is 10.7. The van der Waals surface area contributed by atoms with Crippen molar-refractivity contribution in [2.45, 2.75) is 0 Å². The van der Waals surface area contributed by atoms with Crippen molar-refractivity contribution in [2.75, 3.05) is 0 Å². The van der Waals surface area contributed by atoms with Gasteiger partial charge in [-0.1, -0.05) is 34.8 Å². The van der Waals surface area contributed by atoms with Gasteiger partial charge in [-0.2, -0.15) is 0 Å². The van der Waals surface area contributed by atoms with E-state index >= 15 is 0 Å². The molecule has 2 aromatic rings. The highest BCUT2D eigenvalue weighted by Crippen LogP contribution is 2.34. The van der Waals surface area contributed by atoms with Gasteiger partial charge in [0.25, 0.3) is 0 Å². The maximum Gasteiger partial charge on any atom is 0.151 e. The summed E-state index contributed by atoms with van der Waals surface area (Å²) in [6, 6.07) is 5.07. The molecule has 17 heavy (non-hydrogen) atoms. The number of carbonyl (C=O) groups excluding carboxylic acids is 1. The Morgan fingerprint density at radius 3 is 2.18 bits per heavy atom. The summed E-state index contributed by atoms with van der Waals surface area (Å²) >= 11 is 17.7. The second kappa shape index (κ2) is 5.05. The van der Waals surface area contributed by atoms with E-state index in [0.29, 0.717) is 20.6 Å². The number of benzene rings is 1. The van der Waals surface area contributed by atoms with Crippen molar-refractivity contribution in [3.8, 4) is 11.1 Å². The number of aromatic nitrogens is 1. The second-order valence-corrected chi connectivity index (χ2v) is 4.57. The van der Waals surface area contributed by atoms with Crippen LogP contribution in [0.3, 0.4) is 0 Å². The van der Waals surface area contributed by atoms with E-state index in [1.54, 1.807) is 24.4 Å². The Hall–Kier alpha value is -1.09. The lowest BCUT2D eigenvalue weighted by Gasteiger charge is -2.05. The van der Waals surface area contributed by atoms with Gasteiger partial charge in [-0.3, -0.25) is 9.78 Å². The Morgan fingerprint density at radius 1 is 0.941 bits per heavy atom. The third kappa shape index (κ3) is 2.60. The minimum Gasteiger partial charge on any atom is -0.298 e. The van der Waals surface area contributed by atoms with Crippen LogP contribution in [0.4, 0.5) is 0 Å². The molecule has 0 spiro atoms. The minimum absolute atomic E-state index is 0.316. The molecule has 0 saturated carbocycles. The average Bonchev–Trinajstić information content (AvgIpc) is 2.35. The van der Waals surface area contributed by atoms with Gasteiger partial charge in [-0.05, 0) is 23.8 Å². The molecule has 2 nitrogen and oxygen atoms in total. The van der Waals surface area contributed by atoms with Gasteiger partial charge in [0, 0.05) is 23.5 Å². The zero-order valence-electron chi connectivity index (χ0n) is 8.45. The quantitative estimate of drug-likeness (QED) is 0.600. The van der Waals surface area contributed by atoms with Crippen molar-refractivity contribution in [2.24, 2.45) is 0 Å². The van der Waals surface area contributed by atoms with Crippen LogP contribution < -0.4 is 0 Å². The topological polar surface area (TPSA) is 30.0 Å². The summed E-state index contributed by atoms with van der Waals surface area (Å²) < 4.78 is 0.